The molecule has 0 spiro atoms. The van der Waals surface area contributed by atoms with Gasteiger partial charge in [0.1, 0.15) is 0 Å². The predicted molar refractivity (Wildman–Crippen MR) is 110 cm³/mol. The lowest BCUT2D eigenvalue weighted by molar-refractivity contribution is -0.116. The molecule has 0 saturated heterocycles. The number of hydrogen-bond acceptors (Lipinski definition) is 4. The SMILES string of the molecule is CC(=O)Nc1ccc(S(=O)(=O)NCCC(=O)Nc2ccc(C(C)C)cc2)cc1. The average molecular weight is 404 g/mol. The van der Waals surface area contributed by atoms with Crippen LogP contribution in [0, 0.1) is 0 Å². The van der Waals surface area contributed by atoms with Crippen molar-refractivity contribution in [3.05, 3.63) is 54.1 Å². The standard InChI is InChI=1S/C20H25N3O4S/c1-14(2)16-4-6-18(7-5-16)23-20(25)12-13-21-28(26,27)19-10-8-17(9-11-19)22-15(3)24/h4-11,14,21H,12-13H2,1-3H3,(H,22,24)(H,23,25). The zero-order valence-electron chi connectivity index (χ0n) is 16.2. The van der Waals surface area contributed by atoms with Crippen LogP contribution < -0.4 is 15.4 Å². The van der Waals surface area contributed by atoms with E-state index in [2.05, 4.69) is 29.2 Å². The fourth-order valence-electron chi connectivity index (χ4n) is 2.48. The predicted octanol–water partition coefficient (Wildman–Crippen LogP) is 3.08. The second kappa shape index (κ2) is 9.48. The first-order valence-corrected chi connectivity index (χ1v) is 10.4. The summed E-state index contributed by atoms with van der Waals surface area (Å²) in [6, 6.07) is 13.4. The molecule has 150 valence electrons. The number of anilines is 2. The Morgan fingerprint density at radius 2 is 1.43 bits per heavy atom. The van der Waals surface area contributed by atoms with Crippen molar-refractivity contribution in [1.82, 2.24) is 4.72 Å². The van der Waals surface area contributed by atoms with Crippen molar-refractivity contribution in [3.63, 3.8) is 0 Å². The van der Waals surface area contributed by atoms with Crippen LogP contribution in [0.15, 0.2) is 53.4 Å². The van der Waals surface area contributed by atoms with Crippen molar-refractivity contribution < 1.29 is 18.0 Å². The fraction of sp³-hybridized carbons (Fsp3) is 0.300. The first-order valence-electron chi connectivity index (χ1n) is 8.94. The zero-order chi connectivity index (χ0) is 20.7. The Kier molecular flexibility index (Phi) is 7.31. The number of hydrogen-bond donors (Lipinski definition) is 3. The van der Waals surface area contributed by atoms with Crippen LogP contribution in [-0.4, -0.2) is 26.8 Å². The molecule has 0 aliphatic rings. The van der Waals surface area contributed by atoms with Crippen molar-refractivity contribution in [2.24, 2.45) is 0 Å². The van der Waals surface area contributed by atoms with E-state index in [9.17, 15) is 18.0 Å². The van der Waals surface area contributed by atoms with Crippen LogP contribution in [0.3, 0.4) is 0 Å². The minimum atomic E-state index is -3.73. The summed E-state index contributed by atoms with van der Waals surface area (Å²) in [4.78, 5) is 23.1. The summed E-state index contributed by atoms with van der Waals surface area (Å²) in [5.74, 6) is -0.106. The molecule has 0 aliphatic carbocycles. The van der Waals surface area contributed by atoms with E-state index in [0.29, 0.717) is 17.3 Å². The van der Waals surface area contributed by atoms with Crippen molar-refractivity contribution in [2.75, 3.05) is 17.2 Å². The van der Waals surface area contributed by atoms with Gasteiger partial charge in [-0.1, -0.05) is 26.0 Å². The van der Waals surface area contributed by atoms with Crippen LogP contribution in [0.2, 0.25) is 0 Å². The largest absolute Gasteiger partial charge is 0.326 e. The first-order chi connectivity index (χ1) is 13.2. The zero-order valence-corrected chi connectivity index (χ0v) is 17.0. The number of amides is 2. The molecule has 2 aromatic rings. The summed E-state index contributed by atoms with van der Waals surface area (Å²) in [7, 11) is -3.73. The minimum Gasteiger partial charge on any atom is -0.326 e. The topological polar surface area (TPSA) is 104 Å². The minimum absolute atomic E-state index is 0.00907. The molecule has 0 bridgehead atoms. The quantitative estimate of drug-likeness (QED) is 0.630. The highest BCUT2D eigenvalue weighted by Gasteiger charge is 2.14. The molecule has 7 nitrogen and oxygen atoms in total. The molecular formula is C20H25N3O4S. The summed E-state index contributed by atoms with van der Waals surface area (Å²) in [5, 5.41) is 5.31. The van der Waals surface area contributed by atoms with Gasteiger partial charge in [-0.2, -0.15) is 0 Å². The van der Waals surface area contributed by atoms with Gasteiger partial charge in [0.2, 0.25) is 21.8 Å². The number of carbonyl (C=O) groups excluding carboxylic acids is 2. The van der Waals surface area contributed by atoms with Gasteiger partial charge in [0.15, 0.2) is 0 Å². The van der Waals surface area contributed by atoms with Crippen molar-refractivity contribution >= 4 is 33.2 Å². The molecule has 8 heteroatoms. The molecule has 2 amide bonds. The highest BCUT2D eigenvalue weighted by molar-refractivity contribution is 7.89. The van der Waals surface area contributed by atoms with Crippen molar-refractivity contribution in [1.29, 1.82) is 0 Å². The maximum absolute atomic E-state index is 12.3. The summed E-state index contributed by atoms with van der Waals surface area (Å²) >= 11 is 0. The molecule has 0 radical (unpaired) electrons. The molecule has 0 saturated carbocycles. The van der Waals surface area contributed by atoms with Gasteiger partial charge >= 0.3 is 0 Å². The van der Waals surface area contributed by atoms with Crippen LogP contribution in [0.1, 0.15) is 38.7 Å². The molecule has 0 aliphatic heterocycles. The lowest BCUT2D eigenvalue weighted by Crippen LogP contribution is -2.27. The van der Waals surface area contributed by atoms with Crippen LogP contribution in [0.25, 0.3) is 0 Å². The normalized spacial score (nSPS) is 11.3. The van der Waals surface area contributed by atoms with Gasteiger partial charge < -0.3 is 10.6 Å². The molecule has 0 aromatic heterocycles. The smallest absolute Gasteiger partial charge is 0.240 e. The Morgan fingerprint density at radius 1 is 0.893 bits per heavy atom. The highest BCUT2D eigenvalue weighted by atomic mass is 32.2. The van der Waals surface area contributed by atoms with E-state index in [4.69, 9.17) is 0 Å². The van der Waals surface area contributed by atoms with Gasteiger partial charge in [-0.15, -0.1) is 0 Å². The van der Waals surface area contributed by atoms with Crippen molar-refractivity contribution in [3.8, 4) is 0 Å². The summed E-state index contributed by atoms with van der Waals surface area (Å²) in [5.41, 5.74) is 2.36. The second-order valence-corrected chi connectivity index (χ2v) is 8.45. The number of sulfonamides is 1. The van der Waals surface area contributed by atoms with Crippen LogP contribution in [0.5, 0.6) is 0 Å². The van der Waals surface area contributed by atoms with Crippen LogP contribution in [0.4, 0.5) is 11.4 Å². The Morgan fingerprint density at radius 3 is 1.96 bits per heavy atom. The Bertz CT molecular complexity index is 921. The van der Waals surface area contributed by atoms with Gasteiger partial charge in [-0.25, -0.2) is 13.1 Å². The molecule has 0 fully saturated rings. The summed E-state index contributed by atoms with van der Waals surface area (Å²) in [6.45, 7) is 5.53. The van der Waals surface area contributed by atoms with E-state index in [0.717, 1.165) is 0 Å². The van der Waals surface area contributed by atoms with E-state index in [1.807, 2.05) is 24.3 Å². The molecule has 28 heavy (non-hydrogen) atoms. The van der Waals surface area contributed by atoms with Crippen LogP contribution >= 0.6 is 0 Å². The second-order valence-electron chi connectivity index (χ2n) is 6.68. The third-order valence-electron chi connectivity index (χ3n) is 3.99. The van der Waals surface area contributed by atoms with Gasteiger partial charge in [-0.3, -0.25) is 9.59 Å². The molecular weight excluding hydrogens is 378 g/mol. The molecule has 3 N–H and O–H groups in total. The van der Waals surface area contributed by atoms with E-state index < -0.39 is 10.0 Å². The monoisotopic (exact) mass is 403 g/mol. The number of benzene rings is 2. The van der Waals surface area contributed by atoms with Gasteiger partial charge in [0.25, 0.3) is 0 Å². The number of nitrogens with one attached hydrogen (secondary N) is 3. The molecule has 2 rings (SSSR count). The van der Waals surface area contributed by atoms with Gasteiger partial charge in [0, 0.05) is 31.3 Å². The third kappa shape index (κ3) is 6.47. The van der Waals surface area contributed by atoms with E-state index in [1.165, 1.54) is 36.8 Å². The fourth-order valence-corrected chi connectivity index (χ4v) is 3.51. The lowest BCUT2D eigenvalue weighted by atomic mass is 10.0. The first kappa shape index (κ1) is 21.6. The Balaban J connectivity index is 1.85. The van der Waals surface area contributed by atoms with E-state index >= 15 is 0 Å². The highest BCUT2D eigenvalue weighted by Crippen LogP contribution is 2.17. The summed E-state index contributed by atoms with van der Waals surface area (Å²) < 4.78 is 27.0. The lowest BCUT2D eigenvalue weighted by Gasteiger charge is -2.10. The van der Waals surface area contributed by atoms with Crippen molar-refractivity contribution in [2.45, 2.75) is 38.0 Å². The van der Waals surface area contributed by atoms with E-state index in [1.54, 1.807) is 0 Å². The number of rotatable bonds is 8. The van der Waals surface area contributed by atoms with Gasteiger partial charge in [-0.05, 0) is 47.9 Å². The molecule has 2 aromatic carbocycles. The maximum atomic E-state index is 12.3. The molecule has 0 atom stereocenters. The summed E-state index contributed by atoms with van der Waals surface area (Å²) in [6.07, 6.45) is 0.00907. The van der Waals surface area contributed by atoms with Crippen LogP contribution in [-0.2, 0) is 19.6 Å². The Labute approximate surface area is 165 Å². The van der Waals surface area contributed by atoms with E-state index in [-0.39, 0.29) is 29.7 Å². The average Bonchev–Trinajstić information content (AvgIpc) is 2.62. The molecule has 0 unspecified atom stereocenters. The Hall–Kier alpha value is -2.71. The third-order valence-corrected chi connectivity index (χ3v) is 5.47. The maximum Gasteiger partial charge on any atom is 0.240 e. The molecule has 0 heterocycles. The van der Waals surface area contributed by atoms with Gasteiger partial charge in [0.05, 0.1) is 4.90 Å². The number of carbonyl (C=O) groups is 2.